The summed E-state index contributed by atoms with van der Waals surface area (Å²) in [7, 11) is 0. The van der Waals surface area contributed by atoms with E-state index in [0.717, 1.165) is 51.6 Å². The highest BCUT2D eigenvalue weighted by atomic mass is 16.5. The SMILES string of the molecule is CCCCOC(=O)CCCCC(=O)N1CCCCC1. The molecule has 0 spiro atoms. The van der Waals surface area contributed by atoms with Crippen LogP contribution in [0.3, 0.4) is 0 Å². The number of piperidine rings is 1. The number of carbonyl (C=O) groups is 2. The smallest absolute Gasteiger partial charge is 0.305 e. The molecule has 4 nitrogen and oxygen atoms in total. The molecule has 1 heterocycles. The molecule has 19 heavy (non-hydrogen) atoms. The van der Waals surface area contributed by atoms with Gasteiger partial charge in [0, 0.05) is 25.9 Å². The summed E-state index contributed by atoms with van der Waals surface area (Å²) < 4.78 is 5.07. The number of hydrogen-bond acceptors (Lipinski definition) is 3. The molecule has 1 fully saturated rings. The normalized spacial score (nSPS) is 15.3. The molecule has 1 aliphatic rings. The average Bonchev–Trinajstić information content (AvgIpc) is 2.44. The van der Waals surface area contributed by atoms with E-state index >= 15 is 0 Å². The Morgan fingerprint density at radius 3 is 2.37 bits per heavy atom. The lowest BCUT2D eigenvalue weighted by atomic mass is 10.1. The van der Waals surface area contributed by atoms with Gasteiger partial charge in [-0.05, 0) is 38.5 Å². The Morgan fingerprint density at radius 2 is 1.68 bits per heavy atom. The third kappa shape index (κ3) is 7.19. The quantitative estimate of drug-likeness (QED) is 0.503. The Labute approximate surface area is 116 Å². The van der Waals surface area contributed by atoms with E-state index in [1.165, 1.54) is 6.42 Å². The van der Waals surface area contributed by atoms with Gasteiger partial charge in [-0.3, -0.25) is 9.59 Å². The molecule has 4 heteroatoms. The summed E-state index contributed by atoms with van der Waals surface area (Å²) in [6.07, 6.45) is 8.04. The summed E-state index contributed by atoms with van der Waals surface area (Å²) in [5.74, 6) is 0.123. The second-order valence-corrected chi connectivity index (χ2v) is 5.22. The van der Waals surface area contributed by atoms with Gasteiger partial charge < -0.3 is 9.64 Å². The van der Waals surface area contributed by atoms with Crippen molar-refractivity contribution in [1.29, 1.82) is 0 Å². The minimum absolute atomic E-state index is 0.126. The molecule has 0 aromatic rings. The van der Waals surface area contributed by atoms with E-state index < -0.39 is 0 Å². The van der Waals surface area contributed by atoms with Crippen LogP contribution in [0.5, 0.6) is 0 Å². The van der Waals surface area contributed by atoms with E-state index in [9.17, 15) is 9.59 Å². The van der Waals surface area contributed by atoms with E-state index in [-0.39, 0.29) is 11.9 Å². The molecule has 0 radical (unpaired) electrons. The van der Waals surface area contributed by atoms with Crippen molar-refractivity contribution >= 4 is 11.9 Å². The van der Waals surface area contributed by atoms with Crippen molar-refractivity contribution in [2.45, 2.75) is 64.7 Å². The van der Waals surface area contributed by atoms with Crippen molar-refractivity contribution in [1.82, 2.24) is 4.90 Å². The molecule has 110 valence electrons. The lowest BCUT2D eigenvalue weighted by Crippen LogP contribution is -2.35. The van der Waals surface area contributed by atoms with Gasteiger partial charge in [0.2, 0.25) is 5.91 Å². The van der Waals surface area contributed by atoms with Crippen LogP contribution in [0.1, 0.15) is 64.7 Å². The van der Waals surface area contributed by atoms with Crippen molar-refractivity contribution in [2.75, 3.05) is 19.7 Å². The number of carbonyl (C=O) groups excluding carboxylic acids is 2. The van der Waals surface area contributed by atoms with Crippen molar-refractivity contribution < 1.29 is 14.3 Å². The third-order valence-electron chi connectivity index (χ3n) is 3.49. The molecule has 1 saturated heterocycles. The molecule has 0 bridgehead atoms. The summed E-state index contributed by atoms with van der Waals surface area (Å²) in [5.41, 5.74) is 0. The lowest BCUT2D eigenvalue weighted by Gasteiger charge is -2.26. The first-order valence-corrected chi connectivity index (χ1v) is 7.67. The second-order valence-electron chi connectivity index (χ2n) is 5.22. The number of esters is 1. The van der Waals surface area contributed by atoms with Gasteiger partial charge in [-0.15, -0.1) is 0 Å². The fourth-order valence-corrected chi connectivity index (χ4v) is 2.25. The molecule has 1 amide bonds. The van der Waals surface area contributed by atoms with Gasteiger partial charge in [0.15, 0.2) is 0 Å². The second kappa shape index (κ2) is 9.82. The summed E-state index contributed by atoms with van der Waals surface area (Å²) in [5, 5.41) is 0. The van der Waals surface area contributed by atoms with E-state index in [0.29, 0.717) is 19.4 Å². The predicted molar refractivity (Wildman–Crippen MR) is 74.8 cm³/mol. The molecular formula is C15H27NO3. The zero-order valence-corrected chi connectivity index (χ0v) is 12.2. The van der Waals surface area contributed by atoms with Crippen LogP contribution in [-0.2, 0) is 14.3 Å². The summed E-state index contributed by atoms with van der Waals surface area (Å²) in [6.45, 7) is 4.43. The predicted octanol–water partition coefficient (Wildman–Crippen LogP) is 2.90. The first-order chi connectivity index (χ1) is 9.24. The van der Waals surface area contributed by atoms with Gasteiger partial charge in [-0.2, -0.15) is 0 Å². The highest BCUT2D eigenvalue weighted by molar-refractivity contribution is 5.76. The van der Waals surface area contributed by atoms with Crippen molar-refractivity contribution in [3.8, 4) is 0 Å². The fourth-order valence-electron chi connectivity index (χ4n) is 2.25. The zero-order chi connectivity index (χ0) is 13.9. The number of ether oxygens (including phenoxy) is 1. The maximum absolute atomic E-state index is 11.9. The van der Waals surface area contributed by atoms with Crippen LogP contribution in [0.4, 0.5) is 0 Å². The first kappa shape index (κ1) is 16.0. The standard InChI is InChI=1S/C15H27NO3/c1-2-3-13-19-15(18)10-6-5-9-14(17)16-11-7-4-8-12-16/h2-13H2,1H3. The summed E-state index contributed by atoms with van der Waals surface area (Å²) in [4.78, 5) is 25.2. The number of unbranched alkanes of at least 4 members (excludes halogenated alkanes) is 2. The van der Waals surface area contributed by atoms with Crippen molar-refractivity contribution in [2.24, 2.45) is 0 Å². The van der Waals surface area contributed by atoms with E-state index in [2.05, 4.69) is 6.92 Å². The Bertz CT molecular complexity index is 273. The molecule has 1 aliphatic heterocycles. The van der Waals surface area contributed by atoms with Crippen molar-refractivity contribution in [3.63, 3.8) is 0 Å². The first-order valence-electron chi connectivity index (χ1n) is 7.67. The topological polar surface area (TPSA) is 46.6 Å². The van der Waals surface area contributed by atoms with E-state index in [4.69, 9.17) is 4.74 Å². The molecule has 0 N–H and O–H groups in total. The maximum Gasteiger partial charge on any atom is 0.305 e. The Balaban J connectivity index is 2.00. The van der Waals surface area contributed by atoms with Crippen LogP contribution >= 0.6 is 0 Å². The zero-order valence-electron chi connectivity index (χ0n) is 12.2. The molecule has 1 rings (SSSR count). The highest BCUT2D eigenvalue weighted by Gasteiger charge is 2.15. The highest BCUT2D eigenvalue weighted by Crippen LogP contribution is 2.12. The van der Waals surface area contributed by atoms with Gasteiger partial charge in [0.25, 0.3) is 0 Å². The number of nitrogens with zero attached hydrogens (tertiary/aromatic N) is 1. The largest absolute Gasteiger partial charge is 0.466 e. The summed E-state index contributed by atoms with van der Waals surface area (Å²) in [6, 6.07) is 0. The molecule has 0 atom stereocenters. The minimum Gasteiger partial charge on any atom is -0.466 e. The van der Waals surface area contributed by atoms with Gasteiger partial charge in [-0.1, -0.05) is 13.3 Å². The monoisotopic (exact) mass is 269 g/mol. The number of amides is 1. The fraction of sp³-hybridized carbons (Fsp3) is 0.867. The van der Waals surface area contributed by atoms with Crippen LogP contribution in [-0.4, -0.2) is 36.5 Å². The summed E-state index contributed by atoms with van der Waals surface area (Å²) >= 11 is 0. The van der Waals surface area contributed by atoms with Crippen LogP contribution in [0.2, 0.25) is 0 Å². The minimum atomic E-state index is -0.126. The lowest BCUT2D eigenvalue weighted by molar-refractivity contribution is -0.144. The number of hydrogen-bond donors (Lipinski definition) is 0. The average molecular weight is 269 g/mol. The van der Waals surface area contributed by atoms with Gasteiger partial charge >= 0.3 is 5.97 Å². The molecule has 0 saturated carbocycles. The van der Waals surface area contributed by atoms with Gasteiger partial charge in [0.05, 0.1) is 6.61 Å². The molecule has 0 aliphatic carbocycles. The molecule has 0 unspecified atom stereocenters. The van der Waals surface area contributed by atoms with Gasteiger partial charge in [0.1, 0.15) is 0 Å². The Kier molecular flexibility index (Phi) is 8.26. The third-order valence-corrected chi connectivity index (χ3v) is 3.49. The maximum atomic E-state index is 11.9. The number of rotatable bonds is 8. The van der Waals surface area contributed by atoms with Crippen LogP contribution < -0.4 is 0 Å². The Hall–Kier alpha value is -1.06. The van der Waals surface area contributed by atoms with Gasteiger partial charge in [-0.25, -0.2) is 0 Å². The van der Waals surface area contributed by atoms with E-state index in [1.807, 2.05) is 4.90 Å². The molecular weight excluding hydrogens is 242 g/mol. The molecule has 0 aromatic heterocycles. The van der Waals surface area contributed by atoms with Crippen molar-refractivity contribution in [3.05, 3.63) is 0 Å². The van der Waals surface area contributed by atoms with Crippen LogP contribution in [0.25, 0.3) is 0 Å². The van der Waals surface area contributed by atoms with E-state index in [1.54, 1.807) is 0 Å². The van der Waals surface area contributed by atoms with Crippen LogP contribution in [0.15, 0.2) is 0 Å². The number of likely N-dealkylation sites (tertiary alicyclic amines) is 1. The Morgan fingerprint density at radius 1 is 1.00 bits per heavy atom. The molecule has 0 aromatic carbocycles. The van der Waals surface area contributed by atoms with Crippen LogP contribution in [0, 0.1) is 0 Å².